The number of nitrogens with zero attached hydrogens (tertiary/aromatic N) is 6. The third-order valence-corrected chi connectivity index (χ3v) is 3.94. The Morgan fingerprint density at radius 3 is 2.58 bits per heavy atom. The standard InChI is InChI=1S/C16H14N6O4/c23-22(24)12-3-1-11(2-4-12)16-19-15(20-26-16)13-9-17-10-14(18-13)21-5-7-25-8-6-21/h1-4,9-10H,5-8H2. The van der Waals surface area contributed by atoms with Gasteiger partial charge >= 0.3 is 0 Å². The smallest absolute Gasteiger partial charge is 0.269 e. The molecule has 0 spiro atoms. The lowest BCUT2D eigenvalue weighted by Gasteiger charge is -2.27. The molecule has 0 bridgehead atoms. The van der Waals surface area contributed by atoms with E-state index in [1.165, 1.54) is 12.1 Å². The second kappa shape index (κ2) is 6.84. The molecule has 0 N–H and O–H groups in total. The number of anilines is 1. The van der Waals surface area contributed by atoms with Crippen molar-refractivity contribution in [2.24, 2.45) is 0 Å². The molecule has 3 aromatic rings. The number of ether oxygens (including phenoxy) is 1. The SMILES string of the molecule is O=[N+]([O-])c1ccc(-c2nc(-c3cncc(N4CCOCC4)n3)no2)cc1. The Balaban J connectivity index is 1.58. The highest BCUT2D eigenvalue weighted by Gasteiger charge is 2.17. The molecule has 1 aliphatic rings. The van der Waals surface area contributed by atoms with E-state index in [0.29, 0.717) is 30.3 Å². The van der Waals surface area contributed by atoms with Gasteiger partial charge in [0.05, 0.1) is 30.5 Å². The summed E-state index contributed by atoms with van der Waals surface area (Å²) in [5.41, 5.74) is 1.08. The summed E-state index contributed by atoms with van der Waals surface area (Å²) >= 11 is 0. The van der Waals surface area contributed by atoms with Gasteiger partial charge in [-0.15, -0.1) is 0 Å². The Morgan fingerprint density at radius 2 is 1.85 bits per heavy atom. The average Bonchev–Trinajstić information content (AvgIpc) is 3.19. The van der Waals surface area contributed by atoms with Crippen molar-refractivity contribution in [3.63, 3.8) is 0 Å². The number of rotatable bonds is 4. The fourth-order valence-corrected chi connectivity index (χ4v) is 2.58. The van der Waals surface area contributed by atoms with Gasteiger partial charge in [-0.25, -0.2) is 4.98 Å². The largest absolute Gasteiger partial charge is 0.378 e. The van der Waals surface area contributed by atoms with Gasteiger partial charge in [0.1, 0.15) is 11.5 Å². The van der Waals surface area contributed by atoms with Crippen molar-refractivity contribution in [1.82, 2.24) is 20.1 Å². The van der Waals surface area contributed by atoms with E-state index in [-0.39, 0.29) is 11.6 Å². The average molecular weight is 354 g/mol. The Labute approximate surface area is 147 Å². The van der Waals surface area contributed by atoms with E-state index < -0.39 is 4.92 Å². The molecule has 0 aliphatic carbocycles. The summed E-state index contributed by atoms with van der Waals surface area (Å²) in [4.78, 5) is 25.4. The molecule has 4 rings (SSSR count). The summed E-state index contributed by atoms with van der Waals surface area (Å²) in [7, 11) is 0. The highest BCUT2D eigenvalue weighted by Crippen LogP contribution is 2.24. The minimum atomic E-state index is -0.463. The molecule has 1 aliphatic heterocycles. The monoisotopic (exact) mass is 354 g/mol. The zero-order chi connectivity index (χ0) is 17.9. The van der Waals surface area contributed by atoms with Gasteiger partial charge in [-0.2, -0.15) is 4.98 Å². The van der Waals surface area contributed by atoms with Crippen molar-refractivity contribution in [2.75, 3.05) is 31.2 Å². The molecule has 0 atom stereocenters. The molecule has 0 amide bonds. The molecule has 0 saturated carbocycles. The first kappa shape index (κ1) is 16.1. The number of morpholine rings is 1. The quantitative estimate of drug-likeness (QED) is 0.511. The molecule has 1 saturated heterocycles. The maximum Gasteiger partial charge on any atom is 0.269 e. The van der Waals surface area contributed by atoms with Crippen LogP contribution >= 0.6 is 0 Å². The fraction of sp³-hybridized carbons (Fsp3) is 0.250. The molecule has 132 valence electrons. The second-order valence-electron chi connectivity index (χ2n) is 5.59. The first-order chi connectivity index (χ1) is 12.7. The number of nitro benzene ring substituents is 1. The second-order valence-corrected chi connectivity index (χ2v) is 5.59. The van der Waals surface area contributed by atoms with Crippen LogP contribution in [0.1, 0.15) is 0 Å². The molecular weight excluding hydrogens is 340 g/mol. The molecular formula is C16H14N6O4. The maximum atomic E-state index is 10.7. The highest BCUT2D eigenvalue weighted by molar-refractivity contribution is 5.59. The molecule has 1 fully saturated rings. The van der Waals surface area contributed by atoms with Gasteiger partial charge in [-0.05, 0) is 12.1 Å². The maximum absolute atomic E-state index is 10.7. The van der Waals surface area contributed by atoms with Gasteiger partial charge in [-0.3, -0.25) is 15.1 Å². The van der Waals surface area contributed by atoms with E-state index in [4.69, 9.17) is 9.26 Å². The van der Waals surface area contributed by atoms with Crippen LogP contribution in [0.25, 0.3) is 23.0 Å². The Bertz CT molecular complexity index is 920. The molecule has 2 aromatic heterocycles. The molecule has 0 radical (unpaired) electrons. The highest BCUT2D eigenvalue weighted by atomic mass is 16.6. The number of aromatic nitrogens is 4. The van der Waals surface area contributed by atoms with Gasteiger partial charge in [0.15, 0.2) is 0 Å². The first-order valence-electron chi connectivity index (χ1n) is 7.94. The summed E-state index contributed by atoms with van der Waals surface area (Å²) in [6.45, 7) is 2.80. The molecule has 3 heterocycles. The summed E-state index contributed by atoms with van der Waals surface area (Å²) in [6, 6.07) is 5.90. The van der Waals surface area contributed by atoms with E-state index in [2.05, 4.69) is 25.0 Å². The molecule has 10 nitrogen and oxygen atoms in total. The normalized spacial score (nSPS) is 14.4. The van der Waals surface area contributed by atoms with Crippen LogP contribution in [0.3, 0.4) is 0 Å². The summed E-state index contributed by atoms with van der Waals surface area (Å²) in [5, 5.41) is 14.7. The number of hydrogen-bond donors (Lipinski definition) is 0. The van der Waals surface area contributed by atoms with Crippen LogP contribution in [0.15, 0.2) is 41.2 Å². The summed E-state index contributed by atoms with van der Waals surface area (Å²) in [6.07, 6.45) is 3.25. The van der Waals surface area contributed by atoms with Crippen LogP contribution in [0.2, 0.25) is 0 Å². The van der Waals surface area contributed by atoms with E-state index in [9.17, 15) is 10.1 Å². The molecule has 1 aromatic carbocycles. The Morgan fingerprint density at radius 1 is 1.08 bits per heavy atom. The van der Waals surface area contributed by atoms with Crippen molar-refractivity contribution >= 4 is 11.5 Å². The van der Waals surface area contributed by atoms with Crippen molar-refractivity contribution in [2.45, 2.75) is 0 Å². The molecule has 26 heavy (non-hydrogen) atoms. The minimum absolute atomic E-state index is 0.00225. The van der Waals surface area contributed by atoms with Crippen LogP contribution in [-0.4, -0.2) is 51.3 Å². The summed E-state index contributed by atoms with van der Waals surface area (Å²) in [5.74, 6) is 1.29. The van der Waals surface area contributed by atoms with Crippen LogP contribution < -0.4 is 4.90 Å². The number of hydrogen-bond acceptors (Lipinski definition) is 9. The zero-order valence-corrected chi connectivity index (χ0v) is 13.6. The molecule has 10 heteroatoms. The Kier molecular flexibility index (Phi) is 4.23. The Hall–Kier alpha value is -3.40. The third kappa shape index (κ3) is 3.22. The van der Waals surface area contributed by atoms with E-state index in [0.717, 1.165) is 18.9 Å². The van der Waals surface area contributed by atoms with Crippen molar-refractivity contribution < 1.29 is 14.2 Å². The zero-order valence-electron chi connectivity index (χ0n) is 13.6. The number of nitro groups is 1. The van der Waals surface area contributed by atoms with E-state index in [1.807, 2.05) is 0 Å². The lowest BCUT2D eigenvalue weighted by Crippen LogP contribution is -2.36. The van der Waals surface area contributed by atoms with Crippen molar-refractivity contribution in [3.05, 3.63) is 46.8 Å². The van der Waals surface area contributed by atoms with Crippen molar-refractivity contribution in [1.29, 1.82) is 0 Å². The lowest BCUT2D eigenvalue weighted by atomic mass is 10.2. The minimum Gasteiger partial charge on any atom is -0.378 e. The third-order valence-electron chi connectivity index (χ3n) is 3.94. The van der Waals surface area contributed by atoms with Gasteiger partial charge in [0.2, 0.25) is 5.82 Å². The molecule has 0 unspecified atom stereocenters. The van der Waals surface area contributed by atoms with E-state index in [1.54, 1.807) is 24.5 Å². The van der Waals surface area contributed by atoms with Crippen LogP contribution in [-0.2, 0) is 4.74 Å². The predicted molar refractivity (Wildman–Crippen MR) is 90.4 cm³/mol. The first-order valence-corrected chi connectivity index (χ1v) is 7.94. The van der Waals surface area contributed by atoms with Crippen LogP contribution in [0.5, 0.6) is 0 Å². The van der Waals surface area contributed by atoms with Gasteiger partial charge in [-0.1, -0.05) is 5.16 Å². The van der Waals surface area contributed by atoms with E-state index >= 15 is 0 Å². The van der Waals surface area contributed by atoms with Crippen LogP contribution in [0.4, 0.5) is 11.5 Å². The van der Waals surface area contributed by atoms with Crippen LogP contribution in [0, 0.1) is 10.1 Å². The van der Waals surface area contributed by atoms with Gasteiger partial charge in [0, 0.05) is 30.8 Å². The van der Waals surface area contributed by atoms with Crippen molar-refractivity contribution in [3.8, 4) is 23.0 Å². The number of non-ortho nitro benzene ring substituents is 1. The summed E-state index contributed by atoms with van der Waals surface area (Å²) < 4.78 is 10.6. The topological polar surface area (TPSA) is 120 Å². The number of benzene rings is 1. The van der Waals surface area contributed by atoms with Gasteiger partial charge in [0.25, 0.3) is 11.6 Å². The lowest BCUT2D eigenvalue weighted by molar-refractivity contribution is -0.384. The fourth-order valence-electron chi connectivity index (χ4n) is 2.58. The van der Waals surface area contributed by atoms with Gasteiger partial charge < -0.3 is 14.2 Å². The predicted octanol–water partition coefficient (Wildman–Crippen LogP) is 1.94.